The van der Waals surface area contributed by atoms with Crippen molar-refractivity contribution in [2.24, 2.45) is 11.8 Å². The Kier molecular flexibility index (Phi) is 4.31. The highest BCUT2D eigenvalue weighted by atomic mass is 35.5. The summed E-state index contributed by atoms with van der Waals surface area (Å²) in [6.07, 6.45) is 8.05. The maximum atomic E-state index is 14.3. The zero-order chi connectivity index (χ0) is 18.5. The average Bonchev–Trinajstić information content (AvgIpc) is 3.24. The Morgan fingerprint density at radius 2 is 2.00 bits per heavy atom. The number of anilines is 1. The van der Waals surface area contributed by atoms with E-state index in [2.05, 4.69) is 21.5 Å². The first kappa shape index (κ1) is 17.4. The van der Waals surface area contributed by atoms with Crippen LogP contribution < -0.4 is 4.90 Å². The summed E-state index contributed by atoms with van der Waals surface area (Å²) in [6, 6.07) is 1.51. The SMILES string of the molecule is CO[C@@H]1C[C@H]2CN(c3ncc(Cl)cc3F)C[C@H]2C[C@H]1n1cc(C2CC2)nn1. The Hall–Kier alpha value is -1.73. The summed E-state index contributed by atoms with van der Waals surface area (Å²) in [5.41, 5.74) is 1.10. The lowest BCUT2D eigenvalue weighted by Crippen LogP contribution is -2.37. The summed E-state index contributed by atoms with van der Waals surface area (Å²) >= 11 is 5.85. The van der Waals surface area contributed by atoms with Crippen LogP contribution in [-0.4, -0.2) is 46.3 Å². The van der Waals surface area contributed by atoms with E-state index in [1.165, 1.54) is 25.1 Å². The summed E-state index contributed by atoms with van der Waals surface area (Å²) in [5.74, 6) is 1.57. The van der Waals surface area contributed by atoms with Gasteiger partial charge < -0.3 is 9.64 Å². The van der Waals surface area contributed by atoms with E-state index in [1.807, 2.05) is 9.58 Å². The number of aromatic nitrogens is 4. The third-order valence-corrected chi connectivity index (χ3v) is 6.55. The lowest BCUT2D eigenvalue weighted by Gasteiger charge is -2.36. The van der Waals surface area contributed by atoms with E-state index in [4.69, 9.17) is 16.3 Å². The van der Waals surface area contributed by atoms with E-state index in [-0.39, 0.29) is 18.0 Å². The molecular formula is C19H23ClFN5O. The average molecular weight is 392 g/mol. The van der Waals surface area contributed by atoms with E-state index in [1.54, 1.807) is 7.11 Å². The van der Waals surface area contributed by atoms with E-state index in [0.717, 1.165) is 31.6 Å². The smallest absolute Gasteiger partial charge is 0.167 e. The Morgan fingerprint density at radius 1 is 1.22 bits per heavy atom. The van der Waals surface area contributed by atoms with Crippen LogP contribution in [0.1, 0.15) is 43.3 Å². The largest absolute Gasteiger partial charge is 0.379 e. The quantitative estimate of drug-likeness (QED) is 0.799. The molecule has 0 N–H and O–H groups in total. The van der Waals surface area contributed by atoms with Crippen LogP contribution >= 0.6 is 11.6 Å². The van der Waals surface area contributed by atoms with Gasteiger partial charge >= 0.3 is 0 Å². The van der Waals surface area contributed by atoms with Crippen LogP contribution in [0.5, 0.6) is 0 Å². The molecule has 3 fully saturated rings. The fourth-order valence-corrected chi connectivity index (χ4v) is 4.90. The fourth-order valence-electron chi connectivity index (χ4n) is 4.75. The van der Waals surface area contributed by atoms with Gasteiger partial charge in [0.2, 0.25) is 0 Å². The standard InChI is InChI=1S/C19H23ClFN5O/c1-27-18-5-13-9-25(19-15(21)6-14(20)7-22-19)8-12(13)4-17(18)26-10-16(23-24-26)11-2-3-11/h6-7,10-13,17-18H,2-5,8-9H2,1H3/t12-,13+,17-,18-/m1/s1. The molecule has 3 heterocycles. The Balaban J connectivity index is 1.35. The predicted molar refractivity (Wildman–Crippen MR) is 99.5 cm³/mol. The van der Waals surface area contributed by atoms with Crippen molar-refractivity contribution in [3.8, 4) is 0 Å². The minimum atomic E-state index is -0.355. The molecule has 3 aliphatic rings. The zero-order valence-electron chi connectivity index (χ0n) is 15.3. The number of hydrogen-bond acceptors (Lipinski definition) is 5. The van der Waals surface area contributed by atoms with Gasteiger partial charge in [0, 0.05) is 38.5 Å². The van der Waals surface area contributed by atoms with Crippen molar-refractivity contribution in [3.63, 3.8) is 0 Å². The highest BCUT2D eigenvalue weighted by Crippen LogP contribution is 2.44. The van der Waals surface area contributed by atoms with Crippen molar-refractivity contribution in [3.05, 3.63) is 35.0 Å². The van der Waals surface area contributed by atoms with Crippen molar-refractivity contribution in [1.82, 2.24) is 20.0 Å². The van der Waals surface area contributed by atoms with E-state index in [9.17, 15) is 4.39 Å². The second kappa shape index (κ2) is 6.71. The summed E-state index contributed by atoms with van der Waals surface area (Å²) in [6.45, 7) is 1.60. The summed E-state index contributed by atoms with van der Waals surface area (Å²) in [7, 11) is 1.77. The Labute approximate surface area is 162 Å². The van der Waals surface area contributed by atoms with Crippen LogP contribution in [0.4, 0.5) is 10.2 Å². The molecule has 0 radical (unpaired) electrons. The molecule has 5 rings (SSSR count). The van der Waals surface area contributed by atoms with Crippen LogP contribution in [0, 0.1) is 17.7 Å². The number of fused-ring (bicyclic) bond motifs is 1. The van der Waals surface area contributed by atoms with Gasteiger partial charge in [-0.05, 0) is 43.6 Å². The van der Waals surface area contributed by atoms with Crippen molar-refractivity contribution in [2.45, 2.75) is 43.7 Å². The Morgan fingerprint density at radius 3 is 2.70 bits per heavy atom. The minimum Gasteiger partial charge on any atom is -0.379 e. The highest BCUT2D eigenvalue weighted by Gasteiger charge is 2.44. The molecule has 144 valence electrons. The van der Waals surface area contributed by atoms with Crippen molar-refractivity contribution in [1.29, 1.82) is 0 Å². The topological polar surface area (TPSA) is 56.1 Å². The van der Waals surface area contributed by atoms with Gasteiger partial charge in [0.1, 0.15) is 0 Å². The molecule has 1 aliphatic heterocycles. The van der Waals surface area contributed by atoms with Gasteiger partial charge in [0.15, 0.2) is 11.6 Å². The van der Waals surface area contributed by atoms with E-state index >= 15 is 0 Å². The molecule has 0 spiro atoms. The molecule has 27 heavy (non-hydrogen) atoms. The molecule has 0 unspecified atom stereocenters. The molecule has 2 saturated carbocycles. The normalized spacial score (nSPS) is 30.6. The third kappa shape index (κ3) is 3.21. The lowest BCUT2D eigenvalue weighted by molar-refractivity contribution is -0.00542. The molecular weight excluding hydrogens is 369 g/mol. The van der Waals surface area contributed by atoms with Gasteiger partial charge in [-0.1, -0.05) is 16.8 Å². The fraction of sp³-hybridized carbons (Fsp3) is 0.632. The summed E-state index contributed by atoms with van der Waals surface area (Å²) in [4.78, 5) is 6.27. The van der Waals surface area contributed by atoms with Crippen LogP contribution in [0.2, 0.25) is 5.02 Å². The molecule has 6 nitrogen and oxygen atoms in total. The van der Waals surface area contributed by atoms with E-state index in [0.29, 0.717) is 28.6 Å². The minimum absolute atomic E-state index is 0.1000. The van der Waals surface area contributed by atoms with Crippen molar-refractivity contribution in [2.75, 3.05) is 25.1 Å². The predicted octanol–water partition coefficient (Wildman–Crippen LogP) is 3.45. The molecule has 2 aromatic heterocycles. The maximum absolute atomic E-state index is 14.3. The van der Waals surface area contributed by atoms with Gasteiger partial charge in [0.25, 0.3) is 0 Å². The first-order valence-electron chi connectivity index (χ1n) is 9.63. The molecule has 0 amide bonds. The Bertz CT molecular complexity index is 841. The number of pyridine rings is 1. The highest BCUT2D eigenvalue weighted by molar-refractivity contribution is 6.30. The molecule has 4 atom stereocenters. The first-order valence-corrected chi connectivity index (χ1v) is 10.0. The summed E-state index contributed by atoms with van der Waals surface area (Å²) in [5, 5.41) is 9.09. The number of hydrogen-bond donors (Lipinski definition) is 0. The second-order valence-electron chi connectivity index (χ2n) is 8.09. The van der Waals surface area contributed by atoms with Gasteiger partial charge in [-0.3, -0.25) is 0 Å². The molecule has 2 aromatic rings. The molecule has 8 heteroatoms. The van der Waals surface area contributed by atoms with Crippen LogP contribution in [-0.2, 0) is 4.74 Å². The number of halogens is 2. The number of rotatable bonds is 4. The van der Waals surface area contributed by atoms with Gasteiger partial charge in [-0.2, -0.15) is 0 Å². The summed E-state index contributed by atoms with van der Waals surface area (Å²) < 4.78 is 22.1. The number of ether oxygens (including phenoxy) is 1. The van der Waals surface area contributed by atoms with Gasteiger partial charge in [-0.25, -0.2) is 14.1 Å². The third-order valence-electron chi connectivity index (χ3n) is 6.34. The zero-order valence-corrected chi connectivity index (χ0v) is 16.0. The van der Waals surface area contributed by atoms with E-state index < -0.39 is 0 Å². The second-order valence-corrected chi connectivity index (χ2v) is 8.53. The molecule has 1 saturated heterocycles. The molecule has 0 bridgehead atoms. The lowest BCUT2D eigenvalue weighted by atomic mass is 9.77. The van der Waals surface area contributed by atoms with Gasteiger partial charge in [-0.15, -0.1) is 5.10 Å². The van der Waals surface area contributed by atoms with Crippen LogP contribution in [0.3, 0.4) is 0 Å². The first-order chi connectivity index (χ1) is 13.1. The van der Waals surface area contributed by atoms with Crippen molar-refractivity contribution < 1.29 is 9.13 Å². The van der Waals surface area contributed by atoms with Gasteiger partial charge in [0.05, 0.1) is 22.9 Å². The van der Waals surface area contributed by atoms with Crippen molar-refractivity contribution >= 4 is 17.4 Å². The molecule has 0 aromatic carbocycles. The number of methoxy groups -OCH3 is 1. The molecule has 2 aliphatic carbocycles. The monoisotopic (exact) mass is 391 g/mol. The maximum Gasteiger partial charge on any atom is 0.167 e. The van der Waals surface area contributed by atoms with Crippen LogP contribution in [0.15, 0.2) is 18.5 Å². The van der Waals surface area contributed by atoms with Crippen LogP contribution in [0.25, 0.3) is 0 Å². The number of nitrogens with zero attached hydrogens (tertiary/aromatic N) is 5.